The van der Waals surface area contributed by atoms with E-state index in [0.717, 1.165) is 6.42 Å². The number of carbonyl (C=O) groups is 1. The maximum absolute atomic E-state index is 12.8. The molecule has 1 heterocycles. The summed E-state index contributed by atoms with van der Waals surface area (Å²) in [5.41, 5.74) is 3.69. The van der Waals surface area contributed by atoms with E-state index in [2.05, 4.69) is 35.4 Å². The van der Waals surface area contributed by atoms with Crippen LogP contribution in [0.4, 0.5) is 5.69 Å². The SMILES string of the molecule is CCCCCCCCCc1ccccc1COc1ccccc1C(=O)Nc1cccnc1. The molecule has 0 aliphatic rings. The number of para-hydroxylation sites is 1. The molecule has 0 atom stereocenters. The van der Waals surface area contributed by atoms with Crippen LogP contribution in [0.5, 0.6) is 5.75 Å². The standard InChI is InChI=1S/C28H34N2O2/c1-2-3-4-5-6-7-8-14-23-15-9-10-16-24(23)22-32-27-19-12-11-18-26(27)28(31)30-25-17-13-20-29-21-25/h9-13,15-21H,2-8,14,22H2,1H3,(H,30,31). The Morgan fingerprint density at radius 3 is 2.34 bits per heavy atom. The van der Waals surface area contributed by atoms with E-state index in [1.54, 1.807) is 24.5 Å². The van der Waals surface area contributed by atoms with Crippen molar-refractivity contribution in [2.75, 3.05) is 5.32 Å². The van der Waals surface area contributed by atoms with Gasteiger partial charge in [-0.2, -0.15) is 0 Å². The highest BCUT2D eigenvalue weighted by Gasteiger charge is 2.13. The number of aromatic nitrogens is 1. The lowest BCUT2D eigenvalue weighted by Crippen LogP contribution is -2.14. The Hall–Kier alpha value is -3.14. The van der Waals surface area contributed by atoms with Crippen LogP contribution in [0, 0.1) is 0 Å². The minimum atomic E-state index is -0.204. The molecule has 0 aliphatic carbocycles. The summed E-state index contributed by atoms with van der Waals surface area (Å²) in [6.45, 7) is 2.70. The Morgan fingerprint density at radius 1 is 0.844 bits per heavy atom. The number of benzene rings is 2. The van der Waals surface area contributed by atoms with Crippen molar-refractivity contribution in [2.24, 2.45) is 0 Å². The predicted molar refractivity (Wildman–Crippen MR) is 131 cm³/mol. The Balaban J connectivity index is 1.56. The molecule has 1 N–H and O–H groups in total. The highest BCUT2D eigenvalue weighted by atomic mass is 16.5. The number of aryl methyl sites for hydroxylation is 1. The smallest absolute Gasteiger partial charge is 0.259 e. The minimum Gasteiger partial charge on any atom is -0.488 e. The van der Waals surface area contributed by atoms with E-state index in [-0.39, 0.29) is 5.91 Å². The molecule has 0 saturated carbocycles. The third-order valence-corrected chi connectivity index (χ3v) is 5.60. The monoisotopic (exact) mass is 430 g/mol. The average molecular weight is 431 g/mol. The molecule has 3 rings (SSSR count). The number of ether oxygens (including phenoxy) is 1. The van der Waals surface area contributed by atoms with Gasteiger partial charge in [0.25, 0.3) is 5.91 Å². The predicted octanol–water partition coefficient (Wildman–Crippen LogP) is 7.21. The van der Waals surface area contributed by atoms with Crippen molar-refractivity contribution in [2.45, 2.75) is 64.9 Å². The van der Waals surface area contributed by atoms with Crippen LogP contribution in [-0.2, 0) is 13.0 Å². The summed E-state index contributed by atoms with van der Waals surface area (Å²) in [7, 11) is 0. The number of nitrogens with zero attached hydrogens (tertiary/aromatic N) is 1. The van der Waals surface area contributed by atoms with Gasteiger partial charge in [0.15, 0.2) is 0 Å². The fourth-order valence-corrected chi connectivity index (χ4v) is 3.79. The van der Waals surface area contributed by atoms with Gasteiger partial charge in [0.2, 0.25) is 0 Å². The molecule has 0 spiro atoms. The molecule has 168 valence electrons. The number of rotatable bonds is 13. The van der Waals surface area contributed by atoms with Crippen molar-refractivity contribution in [3.63, 3.8) is 0 Å². The first-order chi connectivity index (χ1) is 15.8. The van der Waals surface area contributed by atoms with Crippen LogP contribution in [-0.4, -0.2) is 10.9 Å². The maximum atomic E-state index is 12.8. The Bertz CT molecular complexity index is 956. The van der Waals surface area contributed by atoms with Crippen molar-refractivity contribution in [1.29, 1.82) is 0 Å². The second-order valence-electron chi connectivity index (χ2n) is 8.12. The van der Waals surface area contributed by atoms with Gasteiger partial charge in [0.1, 0.15) is 12.4 Å². The van der Waals surface area contributed by atoms with E-state index in [1.165, 1.54) is 56.1 Å². The number of carbonyl (C=O) groups excluding carboxylic acids is 1. The van der Waals surface area contributed by atoms with Gasteiger partial charge < -0.3 is 10.1 Å². The highest BCUT2D eigenvalue weighted by Crippen LogP contribution is 2.22. The Labute approximate surface area is 192 Å². The van der Waals surface area contributed by atoms with Crippen molar-refractivity contribution >= 4 is 11.6 Å². The zero-order chi connectivity index (χ0) is 22.4. The third-order valence-electron chi connectivity index (χ3n) is 5.60. The Kier molecular flexibility index (Phi) is 9.78. The molecule has 0 saturated heterocycles. The number of nitrogens with one attached hydrogen (secondary N) is 1. The summed E-state index contributed by atoms with van der Waals surface area (Å²) < 4.78 is 6.12. The lowest BCUT2D eigenvalue weighted by atomic mass is 10.0. The van der Waals surface area contributed by atoms with Crippen LogP contribution < -0.4 is 10.1 Å². The van der Waals surface area contributed by atoms with Crippen molar-refractivity contribution in [3.8, 4) is 5.75 Å². The number of anilines is 1. The zero-order valence-electron chi connectivity index (χ0n) is 19.1. The average Bonchev–Trinajstić information content (AvgIpc) is 2.83. The topological polar surface area (TPSA) is 51.2 Å². The van der Waals surface area contributed by atoms with E-state index in [1.807, 2.05) is 30.3 Å². The summed E-state index contributed by atoms with van der Waals surface area (Å²) in [4.78, 5) is 16.8. The minimum absolute atomic E-state index is 0.204. The lowest BCUT2D eigenvalue weighted by molar-refractivity contribution is 0.102. The van der Waals surface area contributed by atoms with Crippen LogP contribution in [0.15, 0.2) is 73.1 Å². The molecule has 0 fully saturated rings. The first kappa shape index (κ1) is 23.5. The molecule has 1 amide bonds. The van der Waals surface area contributed by atoms with E-state index in [0.29, 0.717) is 23.6 Å². The second-order valence-corrected chi connectivity index (χ2v) is 8.12. The van der Waals surface area contributed by atoms with Crippen LogP contribution >= 0.6 is 0 Å². The molecule has 3 aromatic rings. The molecular weight excluding hydrogens is 396 g/mol. The van der Waals surface area contributed by atoms with E-state index >= 15 is 0 Å². The summed E-state index contributed by atoms with van der Waals surface area (Å²) in [5.74, 6) is 0.379. The normalized spacial score (nSPS) is 10.7. The quantitative estimate of drug-likeness (QED) is 0.292. The van der Waals surface area contributed by atoms with Gasteiger partial charge in [-0.15, -0.1) is 0 Å². The summed E-state index contributed by atoms with van der Waals surface area (Å²) >= 11 is 0. The number of hydrogen-bond donors (Lipinski definition) is 1. The molecule has 0 aliphatic heterocycles. The highest BCUT2D eigenvalue weighted by molar-refractivity contribution is 6.06. The molecule has 4 heteroatoms. The van der Waals surface area contributed by atoms with Crippen LogP contribution in [0.25, 0.3) is 0 Å². The third kappa shape index (κ3) is 7.52. The fraction of sp³-hybridized carbons (Fsp3) is 0.357. The molecule has 32 heavy (non-hydrogen) atoms. The van der Waals surface area contributed by atoms with Gasteiger partial charge in [-0.3, -0.25) is 9.78 Å². The first-order valence-corrected chi connectivity index (χ1v) is 11.8. The van der Waals surface area contributed by atoms with Gasteiger partial charge in [-0.25, -0.2) is 0 Å². The Morgan fingerprint density at radius 2 is 1.56 bits per heavy atom. The molecule has 0 unspecified atom stereocenters. The maximum Gasteiger partial charge on any atom is 0.259 e. The molecule has 4 nitrogen and oxygen atoms in total. The number of hydrogen-bond acceptors (Lipinski definition) is 3. The fourth-order valence-electron chi connectivity index (χ4n) is 3.79. The number of amides is 1. The molecular formula is C28H34N2O2. The van der Waals surface area contributed by atoms with Crippen LogP contribution in [0.3, 0.4) is 0 Å². The van der Waals surface area contributed by atoms with Crippen LogP contribution in [0.2, 0.25) is 0 Å². The molecule has 0 bridgehead atoms. The largest absolute Gasteiger partial charge is 0.488 e. The molecule has 2 aromatic carbocycles. The van der Waals surface area contributed by atoms with Crippen molar-refractivity contribution in [1.82, 2.24) is 4.98 Å². The van der Waals surface area contributed by atoms with Gasteiger partial charge >= 0.3 is 0 Å². The first-order valence-electron chi connectivity index (χ1n) is 11.8. The zero-order valence-corrected chi connectivity index (χ0v) is 19.1. The second kappa shape index (κ2) is 13.3. The van der Waals surface area contributed by atoms with Gasteiger partial charge in [0.05, 0.1) is 17.4 Å². The van der Waals surface area contributed by atoms with Gasteiger partial charge in [-0.1, -0.05) is 81.8 Å². The number of pyridine rings is 1. The lowest BCUT2D eigenvalue weighted by Gasteiger charge is -2.14. The van der Waals surface area contributed by atoms with E-state index < -0.39 is 0 Å². The van der Waals surface area contributed by atoms with Crippen molar-refractivity contribution in [3.05, 3.63) is 89.7 Å². The van der Waals surface area contributed by atoms with E-state index in [4.69, 9.17) is 4.74 Å². The summed E-state index contributed by atoms with van der Waals surface area (Å²) in [6.07, 6.45) is 13.5. The van der Waals surface area contributed by atoms with Crippen LogP contribution in [0.1, 0.15) is 73.4 Å². The molecule has 1 aromatic heterocycles. The summed E-state index contributed by atoms with van der Waals surface area (Å²) in [6, 6.07) is 19.4. The molecule has 0 radical (unpaired) electrons. The number of unbranched alkanes of at least 4 members (excludes halogenated alkanes) is 6. The van der Waals surface area contributed by atoms with E-state index in [9.17, 15) is 4.79 Å². The van der Waals surface area contributed by atoms with Gasteiger partial charge in [-0.05, 0) is 48.2 Å². The van der Waals surface area contributed by atoms with Gasteiger partial charge in [0, 0.05) is 6.20 Å². The summed E-state index contributed by atoms with van der Waals surface area (Å²) in [5, 5.41) is 2.88. The van der Waals surface area contributed by atoms with Crippen molar-refractivity contribution < 1.29 is 9.53 Å².